The molecule has 0 saturated carbocycles. The van der Waals surface area contributed by atoms with E-state index in [1.54, 1.807) is 48.6 Å². The number of carboxylic acids is 1. The Kier molecular flexibility index (Phi) is 10.5. The number of carboxylic acid groups (broad SMARTS) is 1. The number of carbonyl (C=O) groups excluding carboxylic acids is 1. The number of allylic oxidation sites excluding steroid dienone is 3. The van der Waals surface area contributed by atoms with Gasteiger partial charge in [0, 0.05) is 30.1 Å². The second-order valence-corrected chi connectivity index (χ2v) is 10.8. The largest absolute Gasteiger partial charge is 0.508 e. The van der Waals surface area contributed by atoms with E-state index in [-0.39, 0.29) is 17.2 Å². The minimum Gasteiger partial charge on any atom is -0.508 e. The first-order chi connectivity index (χ1) is 19.4. The lowest BCUT2D eigenvalue weighted by molar-refractivity contribution is -0.149. The van der Waals surface area contributed by atoms with Gasteiger partial charge in [-0.3, -0.25) is 4.79 Å². The Morgan fingerprint density at radius 1 is 1.17 bits per heavy atom. The van der Waals surface area contributed by atoms with E-state index in [0.29, 0.717) is 49.0 Å². The summed E-state index contributed by atoms with van der Waals surface area (Å²) in [6, 6.07) is 10.9. The van der Waals surface area contributed by atoms with E-state index in [9.17, 15) is 19.8 Å². The molecule has 0 saturated heterocycles. The summed E-state index contributed by atoms with van der Waals surface area (Å²) in [5.41, 5.74) is 8.32. The van der Waals surface area contributed by atoms with E-state index in [4.69, 9.17) is 14.9 Å². The highest BCUT2D eigenvalue weighted by Gasteiger charge is 2.35. The molecule has 1 amide bonds. The molecule has 2 aromatic carbocycles. The fraction of sp³-hybridized carbons (Fsp3) is 0.344. The Hall–Kier alpha value is -4.37. The zero-order valence-electron chi connectivity index (χ0n) is 24.3. The molecular weight excluding hydrogens is 522 g/mol. The Morgan fingerprint density at radius 2 is 1.85 bits per heavy atom. The maximum absolute atomic E-state index is 12.6. The van der Waals surface area contributed by atoms with Crippen LogP contribution in [0.15, 0.2) is 71.2 Å². The van der Waals surface area contributed by atoms with Gasteiger partial charge in [-0.15, -0.1) is 0 Å². The van der Waals surface area contributed by atoms with Gasteiger partial charge in [0.05, 0.1) is 12.3 Å². The van der Waals surface area contributed by atoms with Crippen molar-refractivity contribution in [2.75, 3.05) is 13.2 Å². The first kappa shape index (κ1) is 31.2. The van der Waals surface area contributed by atoms with E-state index in [0.717, 1.165) is 16.8 Å². The number of hydrogen-bond donors (Lipinski definition) is 3. The van der Waals surface area contributed by atoms with E-state index in [1.807, 2.05) is 46.8 Å². The van der Waals surface area contributed by atoms with Crippen LogP contribution in [0.2, 0.25) is 0 Å². The molecule has 1 aromatic heterocycles. The van der Waals surface area contributed by atoms with Crippen LogP contribution in [0.3, 0.4) is 0 Å². The summed E-state index contributed by atoms with van der Waals surface area (Å²) in [6.45, 7) is 10.2. The summed E-state index contributed by atoms with van der Waals surface area (Å²) < 4.78 is 11.7. The molecule has 1 aliphatic heterocycles. The molecule has 9 nitrogen and oxygen atoms in total. The number of aryl methyl sites for hydroxylation is 1. The normalized spacial score (nSPS) is 15.0. The number of amides is 1. The average molecular weight is 562 g/mol. The summed E-state index contributed by atoms with van der Waals surface area (Å²) in [5, 5.41) is 19.4. The number of oxazole rings is 1. The topological polar surface area (TPSA) is 139 Å². The van der Waals surface area contributed by atoms with Crippen molar-refractivity contribution in [3.63, 3.8) is 0 Å². The van der Waals surface area contributed by atoms with Crippen LogP contribution in [-0.4, -0.2) is 50.7 Å². The number of nitrogens with zero attached hydrogens (tertiary/aromatic N) is 2. The zero-order chi connectivity index (χ0) is 30.2. The van der Waals surface area contributed by atoms with Crippen molar-refractivity contribution in [3.05, 3.63) is 89.3 Å². The molecule has 41 heavy (non-hydrogen) atoms. The van der Waals surface area contributed by atoms with Crippen LogP contribution in [0.5, 0.6) is 11.5 Å². The standard InChI is InChI=1S/C28H28N2O6.C4H11N/c1-3-4-5-6-25(32)30-15-13-19-9-12-22(17-23(19)26(30)28(33)34)35-16-14-24-18(2)36-27(29-24)20-7-10-21(31)11-8-20;1-4(2,3)5/h3-12,17,26,31H,13-16H2,1-2H3,(H,33,34);5H2,1-3H3. The van der Waals surface area contributed by atoms with Crippen LogP contribution in [0.1, 0.15) is 56.3 Å². The number of rotatable bonds is 8. The summed E-state index contributed by atoms with van der Waals surface area (Å²) in [7, 11) is 0. The lowest BCUT2D eigenvalue weighted by Gasteiger charge is -2.34. The number of aromatic nitrogens is 1. The third-order valence-corrected chi connectivity index (χ3v) is 6.02. The number of fused-ring (bicyclic) bond motifs is 1. The van der Waals surface area contributed by atoms with E-state index in [2.05, 4.69) is 4.98 Å². The number of phenols is 1. The van der Waals surface area contributed by atoms with Gasteiger partial charge in [0.2, 0.25) is 11.8 Å². The first-order valence-corrected chi connectivity index (χ1v) is 13.5. The van der Waals surface area contributed by atoms with Gasteiger partial charge < -0.3 is 30.0 Å². The molecule has 1 aliphatic rings. The molecule has 1 atom stereocenters. The van der Waals surface area contributed by atoms with Crippen molar-refractivity contribution in [3.8, 4) is 23.0 Å². The minimum atomic E-state index is -1.08. The number of benzene rings is 2. The molecule has 0 aliphatic carbocycles. The molecule has 2 heterocycles. The number of phenolic OH excluding ortho intramolecular Hbond substituents is 1. The summed E-state index contributed by atoms with van der Waals surface area (Å²) in [4.78, 5) is 30.7. The summed E-state index contributed by atoms with van der Waals surface area (Å²) >= 11 is 0. The summed E-state index contributed by atoms with van der Waals surface area (Å²) in [6.07, 6.45) is 7.57. The fourth-order valence-corrected chi connectivity index (χ4v) is 4.18. The SMILES string of the molecule is CC(C)(C)N.CC=CC=CC(=O)N1CCc2ccc(OCCc3nc(-c4ccc(O)cc4)oc3C)cc2C1C(=O)O. The maximum atomic E-state index is 12.6. The van der Waals surface area contributed by atoms with Gasteiger partial charge in [0.25, 0.3) is 0 Å². The smallest absolute Gasteiger partial charge is 0.331 e. The van der Waals surface area contributed by atoms with E-state index < -0.39 is 12.0 Å². The van der Waals surface area contributed by atoms with Crippen molar-refractivity contribution in [2.24, 2.45) is 5.73 Å². The van der Waals surface area contributed by atoms with Gasteiger partial charge in [0.15, 0.2) is 6.04 Å². The van der Waals surface area contributed by atoms with Gasteiger partial charge in [-0.25, -0.2) is 9.78 Å². The van der Waals surface area contributed by atoms with Crippen LogP contribution in [0, 0.1) is 6.92 Å². The van der Waals surface area contributed by atoms with Crippen molar-refractivity contribution in [2.45, 2.75) is 59.0 Å². The van der Waals surface area contributed by atoms with Crippen molar-refractivity contribution in [1.82, 2.24) is 9.88 Å². The molecule has 0 bridgehead atoms. The third kappa shape index (κ3) is 9.08. The van der Waals surface area contributed by atoms with Crippen molar-refractivity contribution < 1.29 is 29.0 Å². The highest BCUT2D eigenvalue weighted by molar-refractivity contribution is 5.92. The van der Waals surface area contributed by atoms with E-state index in [1.165, 1.54) is 11.0 Å². The van der Waals surface area contributed by atoms with Crippen LogP contribution in [0.4, 0.5) is 0 Å². The monoisotopic (exact) mass is 561 g/mol. The van der Waals surface area contributed by atoms with Gasteiger partial charge in [0.1, 0.15) is 17.3 Å². The van der Waals surface area contributed by atoms with Gasteiger partial charge in [-0.1, -0.05) is 24.3 Å². The number of carbonyl (C=O) groups is 2. The highest BCUT2D eigenvalue weighted by Crippen LogP contribution is 2.33. The van der Waals surface area contributed by atoms with Gasteiger partial charge in [-0.05, 0) is 88.6 Å². The van der Waals surface area contributed by atoms with Crippen molar-refractivity contribution >= 4 is 11.9 Å². The predicted molar refractivity (Wildman–Crippen MR) is 158 cm³/mol. The number of nitrogens with two attached hydrogens (primary N) is 1. The molecule has 0 spiro atoms. The lowest BCUT2D eigenvalue weighted by Crippen LogP contribution is -2.42. The summed E-state index contributed by atoms with van der Waals surface area (Å²) in [5.74, 6) is 0.415. The third-order valence-electron chi connectivity index (χ3n) is 6.02. The molecule has 9 heteroatoms. The Morgan fingerprint density at radius 3 is 2.49 bits per heavy atom. The van der Waals surface area contributed by atoms with Crippen LogP contribution in [0.25, 0.3) is 11.5 Å². The van der Waals surface area contributed by atoms with E-state index >= 15 is 0 Å². The Labute approximate surface area is 241 Å². The highest BCUT2D eigenvalue weighted by atomic mass is 16.5. The molecule has 218 valence electrons. The Balaban J connectivity index is 0.000000850. The maximum Gasteiger partial charge on any atom is 0.331 e. The molecule has 4 N–H and O–H groups in total. The molecule has 1 unspecified atom stereocenters. The average Bonchev–Trinajstić information content (AvgIpc) is 3.27. The number of aromatic hydroxyl groups is 1. The van der Waals surface area contributed by atoms with Gasteiger partial charge in [-0.2, -0.15) is 0 Å². The molecule has 0 radical (unpaired) electrons. The number of ether oxygens (including phenoxy) is 1. The number of hydrogen-bond acceptors (Lipinski definition) is 7. The fourth-order valence-electron chi connectivity index (χ4n) is 4.18. The predicted octanol–water partition coefficient (Wildman–Crippen LogP) is 5.36. The molecule has 4 rings (SSSR count). The molecular formula is C32H39N3O6. The van der Waals surface area contributed by atoms with Crippen LogP contribution in [-0.2, 0) is 22.4 Å². The first-order valence-electron chi connectivity index (χ1n) is 13.5. The van der Waals surface area contributed by atoms with Crippen molar-refractivity contribution in [1.29, 1.82) is 0 Å². The van der Waals surface area contributed by atoms with Crippen LogP contribution >= 0.6 is 0 Å². The lowest BCUT2D eigenvalue weighted by atomic mass is 9.92. The van der Waals surface area contributed by atoms with Crippen LogP contribution < -0.4 is 10.5 Å². The zero-order valence-corrected chi connectivity index (χ0v) is 24.3. The minimum absolute atomic E-state index is 0. The van der Waals surface area contributed by atoms with Gasteiger partial charge >= 0.3 is 5.97 Å². The second-order valence-electron chi connectivity index (χ2n) is 10.8. The Bertz CT molecular complexity index is 1390. The molecule has 3 aromatic rings. The number of aliphatic carboxylic acids is 1. The molecule has 0 fully saturated rings. The second kappa shape index (κ2) is 13.8. The quantitative estimate of drug-likeness (QED) is 0.247.